The van der Waals surface area contributed by atoms with Crippen molar-refractivity contribution in [3.8, 4) is 5.75 Å². The Bertz CT molecular complexity index is 1130. The van der Waals surface area contributed by atoms with Gasteiger partial charge in [0, 0.05) is 12.1 Å². The molecular weight excluding hydrogens is 424 g/mol. The second kappa shape index (κ2) is 10.6. The molecule has 3 aromatic rings. The zero-order chi connectivity index (χ0) is 24.1. The zero-order valence-electron chi connectivity index (χ0n) is 20.1. The highest BCUT2D eigenvalue weighted by molar-refractivity contribution is 6.11. The number of ether oxygens (including phenoxy) is 1. The molecular formula is C29H32N2O3. The Labute approximate surface area is 202 Å². The van der Waals surface area contributed by atoms with Crippen LogP contribution in [0.4, 0.5) is 11.4 Å². The summed E-state index contributed by atoms with van der Waals surface area (Å²) in [7, 11) is 0. The van der Waals surface area contributed by atoms with E-state index in [2.05, 4.69) is 26.0 Å². The molecule has 0 spiro atoms. The highest BCUT2D eigenvalue weighted by Crippen LogP contribution is 2.35. The van der Waals surface area contributed by atoms with Gasteiger partial charge in [0.2, 0.25) is 5.91 Å². The van der Waals surface area contributed by atoms with E-state index in [0.29, 0.717) is 31.2 Å². The lowest BCUT2D eigenvalue weighted by Gasteiger charge is -2.25. The number of hydrogen-bond acceptors (Lipinski definition) is 3. The van der Waals surface area contributed by atoms with E-state index in [1.54, 1.807) is 21.9 Å². The highest BCUT2D eigenvalue weighted by Gasteiger charge is 2.33. The van der Waals surface area contributed by atoms with Crippen LogP contribution in [0.1, 0.15) is 49.0 Å². The first-order valence-electron chi connectivity index (χ1n) is 12.0. The molecule has 5 nitrogen and oxygen atoms in total. The number of carbonyl (C=O) groups excluding carboxylic acids is 2. The fourth-order valence-electron chi connectivity index (χ4n) is 4.30. The van der Waals surface area contributed by atoms with Crippen LogP contribution in [-0.2, 0) is 4.79 Å². The fourth-order valence-corrected chi connectivity index (χ4v) is 4.30. The molecule has 2 atom stereocenters. The second-order valence-corrected chi connectivity index (χ2v) is 8.89. The van der Waals surface area contributed by atoms with E-state index in [9.17, 15) is 9.59 Å². The Morgan fingerprint density at radius 1 is 0.971 bits per heavy atom. The van der Waals surface area contributed by atoms with Crippen molar-refractivity contribution in [2.75, 3.05) is 29.5 Å². The molecule has 3 aromatic carbocycles. The molecule has 0 radical (unpaired) electrons. The van der Waals surface area contributed by atoms with Gasteiger partial charge in [-0.25, -0.2) is 0 Å². The first kappa shape index (κ1) is 23.6. The van der Waals surface area contributed by atoms with E-state index in [0.717, 1.165) is 23.5 Å². The second-order valence-electron chi connectivity index (χ2n) is 8.89. The summed E-state index contributed by atoms with van der Waals surface area (Å²) in [5.74, 6) is 0.855. The molecule has 5 heteroatoms. The Morgan fingerprint density at radius 2 is 1.62 bits per heavy atom. The van der Waals surface area contributed by atoms with Gasteiger partial charge in [0.15, 0.2) is 0 Å². The zero-order valence-corrected chi connectivity index (χ0v) is 20.1. The largest absolute Gasteiger partial charge is 0.492 e. The summed E-state index contributed by atoms with van der Waals surface area (Å²) >= 11 is 0. The first-order chi connectivity index (χ1) is 16.5. The minimum absolute atomic E-state index is 0.00784. The minimum Gasteiger partial charge on any atom is -0.492 e. The topological polar surface area (TPSA) is 49.9 Å². The number of carbonyl (C=O) groups is 2. The predicted molar refractivity (Wildman–Crippen MR) is 137 cm³/mol. The van der Waals surface area contributed by atoms with Crippen LogP contribution in [0, 0.1) is 5.92 Å². The summed E-state index contributed by atoms with van der Waals surface area (Å²) in [6.07, 6.45) is 1.10. The average molecular weight is 457 g/mol. The number of fused-ring (bicyclic) bond motifs is 1. The molecule has 0 saturated carbocycles. The lowest BCUT2D eigenvalue weighted by atomic mass is 9.99. The number of hydrogen-bond donors (Lipinski definition) is 0. The van der Waals surface area contributed by atoms with Crippen LogP contribution in [0.2, 0.25) is 0 Å². The molecule has 0 saturated heterocycles. The summed E-state index contributed by atoms with van der Waals surface area (Å²) in [5.41, 5.74) is 3.38. The monoisotopic (exact) mass is 456 g/mol. The summed E-state index contributed by atoms with van der Waals surface area (Å²) in [6, 6.07) is 25.0. The van der Waals surface area contributed by atoms with Gasteiger partial charge in [0.1, 0.15) is 12.4 Å². The van der Waals surface area contributed by atoms with Crippen LogP contribution < -0.4 is 14.5 Å². The molecule has 0 fully saturated rings. The smallest absolute Gasteiger partial charge is 0.258 e. The van der Waals surface area contributed by atoms with Crippen molar-refractivity contribution in [3.05, 3.63) is 90.0 Å². The molecule has 2 amide bonds. The standard InChI is InChI=1S/C29H32N2O3/c1-4-21(2)23-14-16-25(17-15-23)34-19-18-30-26-12-8-9-13-27(26)31(20-22(3)28(30)32)29(33)24-10-6-5-7-11-24/h5-17,21-22H,4,18-20H2,1-3H3. The van der Waals surface area contributed by atoms with Gasteiger partial charge < -0.3 is 14.5 Å². The third-order valence-electron chi connectivity index (χ3n) is 6.52. The summed E-state index contributed by atoms with van der Waals surface area (Å²) < 4.78 is 5.99. The van der Waals surface area contributed by atoms with E-state index in [1.165, 1.54) is 5.56 Å². The summed E-state index contributed by atoms with van der Waals surface area (Å²) in [4.78, 5) is 30.2. The van der Waals surface area contributed by atoms with E-state index < -0.39 is 0 Å². The van der Waals surface area contributed by atoms with E-state index in [-0.39, 0.29) is 17.7 Å². The number of rotatable bonds is 7. The van der Waals surface area contributed by atoms with Crippen LogP contribution in [0.25, 0.3) is 0 Å². The molecule has 0 aromatic heterocycles. The molecule has 1 aliphatic heterocycles. The van der Waals surface area contributed by atoms with Crippen LogP contribution in [0.15, 0.2) is 78.9 Å². The van der Waals surface area contributed by atoms with Crippen molar-refractivity contribution < 1.29 is 14.3 Å². The maximum absolute atomic E-state index is 13.3. The number of para-hydroxylation sites is 2. The Kier molecular flexibility index (Phi) is 7.31. The lowest BCUT2D eigenvalue weighted by Crippen LogP contribution is -2.39. The maximum Gasteiger partial charge on any atom is 0.258 e. The molecule has 0 aliphatic carbocycles. The quantitative estimate of drug-likeness (QED) is 0.444. The molecule has 176 valence electrons. The predicted octanol–water partition coefficient (Wildman–Crippen LogP) is 5.91. The van der Waals surface area contributed by atoms with Crippen molar-refractivity contribution in [1.82, 2.24) is 0 Å². The van der Waals surface area contributed by atoms with E-state index in [1.807, 2.05) is 61.5 Å². The van der Waals surface area contributed by atoms with Crippen LogP contribution in [-0.4, -0.2) is 31.5 Å². The fraction of sp³-hybridized carbons (Fsp3) is 0.310. The van der Waals surface area contributed by atoms with Crippen molar-refractivity contribution >= 4 is 23.2 Å². The third kappa shape index (κ3) is 4.98. The third-order valence-corrected chi connectivity index (χ3v) is 6.52. The molecule has 0 N–H and O–H groups in total. The van der Waals surface area contributed by atoms with Gasteiger partial charge in [-0.1, -0.05) is 63.2 Å². The molecule has 1 aliphatic rings. The summed E-state index contributed by atoms with van der Waals surface area (Å²) in [6.45, 7) is 7.37. The van der Waals surface area contributed by atoms with Crippen LogP contribution in [0.3, 0.4) is 0 Å². The lowest BCUT2D eigenvalue weighted by molar-refractivity contribution is -0.121. The number of anilines is 2. The molecule has 4 rings (SSSR count). The van der Waals surface area contributed by atoms with Gasteiger partial charge in [-0.15, -0.1) is 0 Å². The van der Waals surface area contributed by atoms with Gasteiger partial charge in [-0.2, -0.15) is 0 Å². The molecule has 2 unspecified atom stereocenters. The van der Waals surface area contributed by atoms with Gasteiger partial charge in [-0.05, 0) is 54.3 Å². The first-order valence-corrected chi connectivity index (χ1v) is 12.0. The molecule has 0 bridgehead atoms. The number of amides is 2. The molecule has 1 heterocycles. The normalized spacial score (nSPS) is 16.6. The highest BCUT2D eigenvalue weighted by atomic mass is 16.5. The van der Waals surface area contributed by atoms with Gasteiger partial charge >= 0.3 is 0 Å². The minimum atomic E-state index is -0.338. The van der Waals surface area contributed by atoms with E-state index in [4.69, 9.17) is 4.74 Å². The van der Waals surface area contributed by atoms with Gasteiger partial charge in [0.25, 0.3) is 5.91 Å². The van der Waals surface area contributed by atoms with Crippen molar-refractivity contribution in [2.45, 2.75) is 33.1 Å². The van der Waals surface area contributed by atoms with Crippen molar-refractivity contribution in [3.63, 3.8) is 0 Å². The van der Waals surface area contributed by atoms with Crippen LogP contribution >= 0.6 is 0 Å². The molecule has 34 heavy (non-hydrogen) atoms. The van der Waals surface area contributed by atoms with E-state index >= 15 is 0 Å². The Balaban J connectivity index is 1.53. The van der Waals surface area contributed by atoms with Crippen molar-refractivity contribution in [1.29, 1.82) is 0 Å². The van der Waals surface area contributed by atoms with Crippen molar-refractivity contribution in [2.24, 2.45) is 5.92 Å². The number of nitrogens with zero attached hydrogens (tertiary/aromatic N) is 2. The Morgan fingerprint density at radius 3 is 2.29 bits per heavy atom. The summed E-state index contributed by atoms with van der Waals surface area (Å²) in [5, 5.41) is 0. The Hall–Kier alpha value is -3.60. The number of benzene rings is 3. The van der Waals surface area contributed by atoms with Gasteiger partial charge in [-0.3, -0.25) is 9.59 Å². The average Bonchev–Trinajstić information content (AvgIpc) is 2.99. The SMILES string of the molecule is CCC(C)c1ccc(OCCN2C(=O)C(C)CN(C(=O)c3ccccc3)c3ccccc32)cc1. The van der Waals surface area contributed by atoms with Crippen LogP contribution in [0.5, 0.6) is 5.75 Å². The maximum atomic E-state index is 13.3. The van der Waals surface area contributed by atoms with Gasteiger partial charge in [0.05, 0.1) is 23.8 Å².